The molecule has 3 rings (SSSR count). The molecule has 1 amide bonds. The molecule has 1 aromatic rings. The van der Waals surface area contributed by atoms with Gasteiger partial charge in [-0.3, -0.25) is 9.59 Å². The van der Waals surface area contributed by atoms with Crippen LogP contribution in [0.1, 0.15) is 0 Å². The second-order valence-electron chi connectivity index (χ2n) is 3.88. The number of carbonyl (C=O) groups is 2. The number of carbonyl (C=O) groups excluding carboxylic acids is 2. The molecule has 0 spiro atoms. The van der Waals surface area contributed by atoms with Crippen LogP contribution in [0.3, 0.4) is 0 Å². The molecular weight excluding hydrogens is 206 g/mol. The van der Waals surface area contributed by atoms with Crippen molar-refractivity contribution in [3.63, 3.8) is 0 Å². The van der Waals surface area contributed by atoms with Crippen LogP contribution in [-0.4, -0.2) is 24.8 Å². The Morgan fingerprint density at radius 3 is 2.69 bits per heavy atom. The van der Waals surface area contributed by atoms with Gasteiger partial charge in [0.15, 0.2) is 0 Å². The van der Waals surface area contributed by atoms with Gasteiger partial charge in [0.25, 0.3) is 0 Å². The average molecular weight is 215 g/mol. The number of hydrogen-bond acceptors (Lipinski definition) is 4. The zero-order valence-corrected chi connectivity index (χ0v) is 8.43. The molecule has 5 heteroatoms. The number of rotatable bonds is 1. The van der Waals surface area contributed by atoms with Crippen LogP contribution >= 0.6 is 0 Å². The highest BCUT2D eigenvalue weighted by atomic mass is 16.2. The molecule has 2 N–H and O–H groups in total. The van der Waals surface area contributed by atoms with E-state index >= 15 is 0 Å². The second kappa shape index (κ2) is 2.91. The third kappa shape index (κ3) is 1.29. The minimum absolute atomic E-state index is 0.528. The molecule has 0 atom stereocenters. The van der Waals surface area contributed by atoms with E-state index in [2.05, 4.69) is 9.89 Å². The number of nitrogens with zero attached hydrogens (tertiary/aromatic N) is 2. The predicted molar refractivity (Wildman–Crippen MR) is 58.3 cm³/mol. The van der Waals surface area contributed by atoms with Crippen LogP contribution in [0.5, 0.6) is 0 Å². The van der Waals surface area contributed by atoms with Gasteiger partial charge in [-0.05, 0) is 12.1 Å². The van der Waals surface area contributed by atoms with E-state index in [1.807, 2.05) is 0 Å². The quantitative estimate of drug-likeness (QED) is 0.355. The molecule has 0 saturated carbocycles. The van der Waals surface area contributed by atoms with E-state index in [1.165, 1.54) is 6.08 Å². The van der Waals surface area contributed by atoms with Crippen LogP contribution in [0, 0.1) is 0 Å². The van der Waals surface area contributed by atoms with Gasteiger partial charge in [0.1, 0.15) is 0 Å². The van der Waals surface area contributed by atoms with E-state index in [9.17, 15) is 9.59 Å². The number of hydrogen-bond donors (Lipinski definition) is 1. The zero-order chi connectivity index (χ0) is 11.3. The summed E-state index contributed by atoms with van der Waals surface area (Å²) in [6.07, 6.45) is 1.28. The molecule has 80 valence electrons. The van der Waals surface area contributed by atoms with Crippen LogP contribution in [0.4, 0.5) is 11.4 Å². The van der Waals surface area contributed by atoms with Crippen molar-refractivity contribution in [1.82, 2.24) is 0 Å². The number of amides is 1. The lowest BCUT2D eigenvalue weighted by Gasteiger charge is -2.07. The van der Waals surface area contributed by atoms with Crippen molar-refractivity contribution in [2.45, 2.75) is 0 Å². The molecule has 0 bridgehead atoms. The van der Waals surface area contributed by atoms with Crippen molar-refractivity contribution >= 4 is 29.1 Å². The van der Waals surface area contributed by atoms with Gasteiger partial charge in [0.2, 0.25) is 5.78 Å². The molecule has 2 aliphatic rings. The van der Waals surface area contributed by atoms with Gasteiger partial charge in [0.05, 0.1) is 16.7 Å². The fourth-order valence-electron chi connectivity index (χ4n) is 1.76. The maximum absolute atomic E-state index is 11.1. The van der Waals surface area contributed by atoms with Crippen LogP contribution < -0.4 is 21.2 Å². The van der Waals surface area contributed by atoms with E-state index in [0.29, 0.717) is 16.3 Å². The molecule has 2 heterocycles. The average Bonchev–Trinajstić information content (AvgIpc) is 3.03. The van der Waals surface area contributed by atoms with Gasteiger partial charge in [-0.1, -0.05) is 0 Å². The number of fused-ring (bicyclic) bond motifs is 1. The Labute approximate surface area is 90.9 Å². The summed E-state index contributed by atoms with van der Waals surface area (Å²) in [5.74, 6) is -1.31. The maximum Gasteiger partial charge on any atom is 0.317 e. The number of benzene rings is 1. The molecule has 1 aromatic carbocycles. The van der Waals surface area contributed by atoms with Crippen molar-refractivity contribution in [1.29, 1.82) is 0 Å². The smallest absolute Gasteiger partial charge is 0.317 e. The van der Waals surface area contributed by atoms with Gasteiger partial charge in [-0.25, -0.2) is 4.99 Å². The second-order valence-corrected chi connectivity index (χ2v) is 3.88. The molecule has 0 unspecified atom stereocenters. The van der Waals surface area contributed by atoms with Crippen LogP contribution in [-0.2, 0) is 9.59 Å². The van der Waals surface area contributed by atoms with E-state index in [0.717, 1.165) is 18.8 Å². The normalized spacial score (nSPS) is 17.6. The summed E-state index contributed by atoms with van der Waals surface area (Å²) in [6, 6.07) is 3.45. The van der Waals surface area contributed by atoms with E-state index in [4.69, 9.17) is 5.73 Å². The molecule has 16 heavy (non-hydrogen) atoms. The van der Waals surface area contributed by atoms with Crippen LogP contribution in [0.25, 0.3) is 6.08 Å². The number of Topliss-reactive ketones (excluding diaryl/α,β-unsaturated/α-hetero) is 1. The van der Waals surface area contributed by atoms with Gasteiger partial charge in [-0.2, -0.15) is 0 Å². The summed E-state index contributed by atoms with van der Waals surface area (Å²) in [6.45, 7) is 1.94. The lowest BCUT2D eigenvalue weighted by atomic mass is 10.1. The highest BCUT2D eigenvalue weighted by molar-refractivity contribution is 6.48. The summed E-state index contributed by atoms with van der Waals surface area (Å²) in [4.78, 5) is 28.1. The fourth-order valence-corrected chi connectivity index (χ4v) is 1.76. The molecule has 1 saturated heterocycles. The Morgan fingerprint density at radius 2 is 2.00 bits per heavy atom. The predicted octanol–water partition coefficient (Wildman–Crippen LogP) is -1.40. The van der Waals surface area contributed by atoms with E-state index < -0.39 is 11.7 Å². The first-order valence-electron chi connectivity index (χ1n) is 4.98. The van der Waals surface area contributed by atoms with Gasteiger partial charge in [-0.15, -0.1) is 0 Å². The van der Waals surface area contributed by atoms with E-state index in [-0.39, 0.29) is 0 Å². The molecular formula is C11H9N3O2. The first kappa shape index (κ1) is 9.08. The van der Waals surface area contributed by atoms with Gasteiger partial charge >= 0.3 is 5.91 Å². The Hall–Kier alpha value is -2.17. The number of nitrogens with two attached hydrogens (primary N) is 1. The van der Waals surface area contributed by atoms with Gasteiger partial charge < -0.3 is 10.6 Å². The molecule has 0 radical (unpaired) electrons. The van der Waals surface area contributed by atoms with Crippen LogP contribution in [0.2, 0.25) is 0 Å². The Balaban J connectivity index is 2.29. The number of ketones is 1. The Kier molecular flexibility index (Phi) is 1.65. The first-order valence-corrected chi connectivity index (χ1v) is 4.98. The number of anilines is 2. The molecule has 2 aliphatic heterocycles. The minimum Gasteiger partial charge on any atom is -0.397 e. The molecule has 0 aliphatic carbocycles. The zero-order valence-electron chi connectivity index (χ0n) is 8.43. The van der Waals surface area contributed by atoms with Crippen molar-refractivity contribution in [3.8, 4) is 0 Å². The monoisotopic (exact) mass is 215 g/mol. The van der Waals surface area contributed by atoms with Crippen molar-refractivity contribution < 1.29 is 9.59 Å². The highest BCUT2D eigenvalue weighted by Crippen LogP contribution is 2.24. The third-order valence-corrected chi connectivity index (χ3v) is 2.68. The summed E-state index contributed by atoms with van der Waals surface area (Å²) < 4.78 is 0. The van der Waals surface area contributed by atoms with E-state index in [1.54, 1.807) is 12.1 Å². The largest absolute Gasteiger partial charge is 0.397 e. The van der Waals surface area contributed by atoms with Crippen molar-refractivity contribution in [2.75, 3.05) is 23.7 Å². The third-order valence-electron chi connectivity index (χ3n) is 2.68. The van der Waals surface area contributed by atoms with Crippen LogP contribution in [0.15, 0.2) is 17.1 Å². The Morgan fingerprint density at radius 1 is 1.25 bits per heavy atom. The first-order chi connectivity index (χ1) is 7.65. The van der Waals surface area contributed by atoms with Gasteiger partial charge in [0, 0.05) is 24.4 Å². The maximum atomic E-state index is 11.1. The topological polar surface area (TPSA) is 75.5 Å². The molecule has 0 aromatic heterocycles. The molecule has 5 nitrogen and oxygen atoms in total. The fraction of sp³-hybridized carbons (Fsp3) is 0.182. The molecule has 1 fully saturated rings. The summed E-state index contributed by atoms with van der Waals surface area (Å²) in [7, 11) is 0. The number of nitrogen functional groups attached to an aromatic ring is 1. The summed E-state index contributed by atoms with van der Waals surface area (Å²) in [5, 5.41) is 1.15. The summed E-state index contributed by atoms with van der Waals surface area (Å²) >= 11 is 0. The van der Waals surface area contributed by atoms with Crippen molar-refractivity contribution in [2.24, 2.45) is 4.99 Å². The highest BCUT2D eigenvalue weighted by Gasteiger charge is 2.22. The Bertz CT molecular complexity index is 629. The lowest BCUT2D eigenvalue weighted by molar-refractivity contribution is -0.132. The summed E-state index contributed by atoms with van der Waals surface area (Å²) in [5.41, 5.74) is 7.37. The minimum atomic E-state index is -0.714. The SMILES string of the molecule is Nc1cc2c(cc1N1CC1)=NC(=O)C(=O)C=2. The van der Waals surface area contributed by atoms with Crippen molar-refractivity contribution in [3.05, 3.63) is 22.7 Å². The lowest BCUT2D eigenvalue weighted by Crippen LogP contribution is -2.34. The standard InChI is InChI=1S/C11H9N3O2/c12-7-3-6-4-10(15)11(16)13-8(6)5-9(7)14-1-2-14/h3-5H,1-2,12H2.